The highest BCUT2D eigenvalue weighted by molar-refractivity contribution is 6.03. The number of hydrogen-bond acceptors (Lipinski definition) is 4. The van der Waals surface area contributed by atoms with Gasteiger partial charge in [-0.2, -0.15) is 0 Å². The number of carbonyl (C=O) groups is 1. The molecule has 0 saturated heterocycles. The predicted octanol–water partition coefficient (Wildman–Crippen LogP) is 5.51. The van der Waals surface area contributed by atoms with Gasteiger partial charge in [-0.25, -0.2) is 4.98 Å². The molecule has 1 saturated carbocycles. The molecule has 1 aromatic heterocycles. The van der Waals surface area contributed by atoms with E-state index in [4.69, 9.17) is 4.74 Å². The van der Waals surface area contributed by atoms with Gasteiger partial charge in [0.05, 0.1) is 0 Å². The number of benzene rings is 1. The third kappa shape index (κ3) is 5.28. The smallest absolute Gasteiger partial charge is 0.222 e. The third-order valence-electron chi connectivity index (χ3n) is 4.88. The minimum absolute atomic E-state index is 0.330. The van der Waals surface area contributed by atoms with Crippen molar-refractivity contribution in [3.63, 3.8) is 0 Å². The Morgan fingerprint density at radius 2 is 2.00 bits per heavy atom. The van der Waals surface area contributed by atoms with Crippen molar-refractivity contribution in [2.45, 2.75) is 44.9 Å². The molecule has 1 aliphatic rings. The van der Waals surface area contributed by atoms with Crippen LogP contribution in [0.4, 0.5) is 5.69 Å². The molecule has 1 N–H and O–H groups in total. The second kappa shape index (κ2) is 9.83. The van der Waals surface area contributed by atoms with Crippen molar-refractivity contribution in [2.75, 3.05) is 12.4 Å². The molecular formula is C23H27N3O2. The van der Waals surface area contributed by atoms with Crippen LogP contribution in [0.5, 0.6) is 11.6 Å². The van der Waals surface area contributed by atoms with Crippen molar-refractivity contribution >= 4 is 17.3 Å². The molecule has 0 amide bonds. The van der Waals surface area contributed by atoms with Gasteiger partial charge in [-0.05, 0) is 61.6 Å². The van der Waals surface area contributed by atoms with E-state index in [0.29, 0.717) is 30.4 Å². The van der Waals surface area contributed by atoms with Gasteiger partial charge in [-0.1, -0.05) is 19.1 Å². The molecule has 1 aliphatic carbocycles. The van der Waals surface area contributed by atoms with Gasteiger partial charge >= 0.3 is 0 Å². The van der Waals surface area contributed by atoms with Crippen LogP contribution in [0.1, 0.15) is 50.5 Å². The molecule has 1 fully saturated rings. The molecule has 28 heavy (non-hydrogen) atoms. The average Bonchev–Trinajstić information content (AvgIpc) is 2.73. The first-order chi connectivity index (χ1) is 13.7. The predicted molar refractivity (Wildman–Crippen MR) is 113 cm³/mol. The number of aliphatic imine (C=N–C) groups is 1. The maximum atomic E-state index is 11.5. The first kappa shape index (κ1) is 19.8. The summed E-state index contributed by atoms with van der Waals surface area (Å²) >= 11 is 0. The van der Waals surface area contributed by atoms with E-state index in [1.165, 1.54) is 0 Å². The van der Waals surface area contributed by atoms with E-state index in [0.717, 1.165) is 42.1 Å². The molecule has 0 unspecified atom stereocenters. The van der Waals surface area contributed by atoms with Gasteiger partial charge in [0.25, 0.3) is 0 Å². The first-order valence-electron chi connectivity index (χ1n) is 9.84. The summed E-state index contributed by atoms with van der Waals surface area (Å²) in [5.74, 6) is 2.86. The van der Waals surface area contributed by atoms with E-state index < -0.39 is 0 Å². The van der Waals surface area contributed by atoms with Crippen LogP contribution in [0.15, 0.2) is 59.7 Å². The van der Waals surface area contributed by atoms with Crippen LogP contribution in [0.2, 0.25) is 0 Å². The van der Waals surface area contributed by atoms with Crippen LogP contribution in [-0.2, 0) is 4.79 Å². The fourth-order valence-corrected chi connectivity index (χ4v) is 3.32. The third-order valence-corrected chi connectivity index (χ3v) is 4.88. The van der Waals surface area contributed by atoms with E-state index in [1.807, 2.05) is 36.4 Å². The number of hydrogen-bond donors (Lipinski definition) is 1. The number of nitrogens with zero attached hydrogens (tertiary/aromatic N) is 2. The van der Waals surface area contributed by atoms with E-state index in [9.17, 15) is 4.79 Å². The lowest BCUT2D eigenvalue weighted by molar-refractivity contribution is -0.120. The molecule has 5 nitrogen and oxygen atoms in total. The average molecular weight is 377 g/mol. The molecule has 0 aliphatic heterocycles. The van der Waals surface area contributed by atoms with Crippen molar-refractivity contribution < 1.29 is 9.53 Å². The lowest BCUT2D eigenvalue weighted by atomic mass is 9.84. The number of allylic oxidation sites excluding steroid dienone is 1. The Kier molecular flexibility index (Phi) is 6.95. The number of amidine groups is 1. The molecule has 2 aromatic rings. The van der Waals surface area contributed by atoms with Crippen molar-refractivity contribution in [1.29, 1.82) is 0 Å². The summed E-state index contributed by atoms with van der Waals surface area (Å²) in [5.41, 5.74) is 2.03. The van der Waals surface area contributed by atoms with Crippen LogP contribution in [0, 0.1) is 0 Å². The summed E-state index contributed by atoms with van der Waals surface area (Å²) in [6.07, 6.45) is 9.78. The largest absolute Gasteiger partial charge is 0.439 e. The van der Waals surface area contributed by atoms with E-state index >= 15 is 0 Å². The van der Waals surface area contributed by atoms with Crippen molar-refractivity contribution in [1.82, 2.24) is 4.98 Å². The topological polar surface area (TPSA) is 63.6 Å². The number of carbonyl (C=O) groups excluding carboxylic acids is 1. The molecule has 0 spiro atoms. The maximum Gasteiger partial charge on any atom is 0.222 e. The minimum atomic E-state index is 0.330. The summed E-state index contributed by atoms with van der Waals surface area (Å²) in [5, 5.41) is 3.28. The van der Waals surface area contributed by atoms with E-state index in [-0.39, 0.29) is 0 Å². The molecule has 1 heterocycles. The fourth-order valence-electron chi connectivity index (χ4n) is 3.32. The Labute approximate surface area is 166 Å². The number of pyridine rings is 1. The van der Waals surface area contributed by atoms with Crippen molar-refractivity contribution in [3.8, 4) is 11.6 Å². The fraction of sp³-hybridized carbons (Fsp3) is 0.348. The number of anilines is 1. The quantitative estimate of drug-likeness (QED) is 0.533. The molecule has 146 valence electrons. The van der Waals surface area contributed by atoms with Crippen molar-refractivity contribution in [3.05, 3.63) is 60.3 Å². The Hall–Kier alpha value is -2.95. The van der Waals surface area contributed by atoms with Gasteiger partial charge in [0.15, 0.2) is 0 Å². The van der Waals surface area contributed by atoms with Gasteiger partial charge in [-0.3, -0.25) is 9.79 Å². The van der Waals surface area contributed by atoms with Crippen molar-refractivity contribution in [2.24, 2.45) is 4.99 Å². The van der Waals surface area contributed by atoms with Gasteiger partial charge < -0.3 is 10.1 Å². The summed E-state index contributed by atoms with van der Waals surface area (Å²) in [7, 11) is 1.77. The normalized spacial score (nSPS) is 15.8. The zero-order valence-electron chi connectivity index (χ0n) is 16.5. The van der Waals surface area contributed by atoms with Gasteiger partial charge in [0.2, 0.25) is 5.88 Å². The van der Waals surface area contributed by atoms with Crippen LogP contribution >= 0.6 is 0 Å². The standard InChI is InChI=1S/C23H27N3O2/c1-3-4-7-22(24-2)26-18-10-14-20(15-11-18)28-23-21(6-5-16-25-23)17-8-12-19(27)13-9-17/h4-7,10-11,14-17H,3,8-9,12-13H2,1-2H3,(H,24,26)/b7-4-. The molecule has 0 atom stereocenters. The Morgan fingerprint density at radius 3 is 2.68 bits per heavy atom. The summed E-state index contributed by atoms with van der Waals surface area (Å²) in [6, 6.07) is 11.7. The molecule has 1 aromatic carbocycles. The summed E-state index contributed by atoms with van der Waals surface area (Å²) in [4.78, 5) is 20.2. The van der Waals surface area contributed by atoms with Gasteiger partial charge in [-0.15, -0.1) is 0 Å². The number of aromatic nitrogens is 1. The molecule has 5 heteroatoms. The van der Waals surface area contributed by atoms with Crippen LogP contribution in [0.25, 0.3) is 0 Å². The highest BCUT2D eigenvalue weighted by Gasteiger charge is 2.23. The Morgan fingerprint density at radius 1 is 1.25 bits per heavy atom. The Bertz CT molecular complexity index is 846. The number of ether oxygens (including phenoxy) is 1. The lowest BCUT2D eigenvalue weighted by Crippen LogP contribution is -2.13. The molecule has 0 radical (unpaired) electrons. The second-order valence-corrected chi connectivity index (χ2v) is 6.88. The zero-order chi connectivity index (χ0) is 19.8. The van der Waals surface area contributed by atoms with Gasteiger partial charge in [0, 0.05) is 37.3 Å². The second-order valence-electron chi connectivity index (χ2n) is 6.88. The van der Waals surface area contributed by atoms with E-state index in [1.54, 1.807) is 13.2 Å². The summed E-state index contributed by atoms with van der Waals surface area (Å²) in [6.45, 7) is 2.09. The minimum Gasteiger partial charge on any atom is -0.439 e. The number of ketones is 1. The number of rotatable bonds is 6. The van der Waals surface area contributed by atoms with Crippen LogP contribution in [0.3, 0.4) is 0 Å². The monoisotopic (exact) mass is 377 g/mol. The van der Waals surface area contributed by atoms with E-state index in [2.05, 4.69) is 34.4 Å². The van der Waals surface area contributed by atoms with Crippen LogP contribution < -0.4 is 10.1 Å². The molecule has 0 bridgehead atoms. The maximum absolute atomic E-state index is 11.5. The zero-order valence-corrected chi connectivity index (χ0v) is 16.5. The highest BCUT2D eigenvalue weighted by atomic mass is 16.5. The van der Waals surface area contributed by atoms with Crippen LogP contribution in [-0.4, -0.2) is 23.7 Å². The number of nitrogens with one attached hydrogen (secondary N) is 1. The van der Waals surface area contributed by atoms with Gasteiger partial charge in [0.1, 0.15) is 17.4 Å². The molecule has 3 rings (SSSR count). The SMILES string of the molecule is CC/C=C\C(=NC)Nc1ccc(Oc2ncccc2C2CCC(=O)CC2)cc1. The highest BCUT2D eigenvalue weighted by Crippen LogP contribution is 2.36. The molecular weight excluding hydrogens is 350 g/mol. The first-order valence-corrected chi connectivity index (χ1v) is 9.84. The lowest BCUT2D eigenvalue weighted by Gasteiger charge is -2.22. The number of Topliss-reactive ketones (excluding diaryl/α,β-unsaturated/α-hetero) is 1. The Balaban J connectivity index is 1.69. The summed E-state index contributed by atoms with van der Waals surface area (Å²) < 4.78 is 6.07.